The van der Waals surface area contributed by atoms with Crippen LogP contribution in [0.1, 0.15) is 10.4 Å². The van der Waals surface area contributed by atoms with Crippen LogP contribution < -0.4 is 5.32 Å². The number of nitrogens with zero attached hydrogens (tertiary/aromatic N) is 2. The van der Waals surface area contributed by atoms with Crippen molar-refractivity contribution in [1.29, 1.82) is 0 Å². The number of rotatable bonds is 1. The van der Waals surface area contributed by atoms with Gasteiger partial charge in [-0.25, -0.2) is 0 Å². The molecule has 0 aromatic heterocycles. The van der Waals surface area contributed by atoms with Crippen molar-refractivity contribution in [2.24, 2.45) is 0 Å². The van der Waals surface area contributed by atoms with Gasteiger partial charge in [0, 0.05) is 18.7 Å². The summed E-state index contributed by atoms with van der Waals surface area (Å²) < 4.78 is 0. The van der Waals surface area contributed by atoms with E-state index in [4.69, 9.17) is 0 Å². The Bertz CT molecular complexity index is 558. The summed E-state index contributed by atoms with van der Waals surface area (Å²) in [7, 11) is 0. The summed E-state index contributed by atoms with van der Waals surface area (Å²) in [5.74, 6) is -0.368. The van der Waals surface area contributed by atoms with E-state index in [0.717, 1.165) is 0 Å². The number of fused-ring (bicyclic) bond motifs is 1. The number of piperazine rings is 2. The third kappa shape index (κ3) is 2.13. The molecule has 0 spiro atoms. The largest absolute Gasteiger partial charge is 0.345 e. The molecule has 0 saturated carbocycles. The van der Waals surface area contributed by atoms with E-state index in [1.54, 1.807) is 34.1 Å². The van der Waals surface area contributed by atoms with Gasteiger partial charge in [0.05, 0.1) is 13.1 Å². The quantitative estimate of drug-likeness (QED) is 0.748. The molecule has 104 valence electrons. The Balaban J connectivity index is 1.76. The molecule has 6 nitrogen and oxygen atoms in total. The number of carbonyl (C=O) groups is 3. The van der Waals surface area contributed by atoms with E-state index in [2.05, 4.69) is 5.32 Å². The van der Waals surface area contributed by atoms with Gasteiger partial charge in [0.25, 0.3) is 5.91 Å². The van der Waals surface area contributed by atoms with Gasteiger partial charge in [0.15, 0.2) is 0 Å². The molecule has 2 fully saturated rings. The molecule has 1 aromatic carbocycles. The smallest absolute Gasteiger partial charge is 0.253 e. The van der Waals surface area contributed by atoms with E-state index in [1.165, 1.54) is 0 Å². The van der Waals surface area contributed by atoms with Crippen molar-refractivity contribution in [2.45, 2.75) is 6.04 Å². The Labute approximate surface area is 116 Å². The van der Waals surface area contributed by atoms with Crippen LogP contribution in [0.4, 0.5) is 0 Å². The van der Waals surface area contributed by atoms with Crippen molar-refractivity contribution >= 4 is 17.7 Å². The standard InChI is InChI=1S/C14H15N3O3/c18-12-8-15-13(19)11-9-16(6-7-17(11)12)14(20)10-4-2-1-3-5-10/h1-5,11H,6-9H2,(H,15,19). The van der Waals surface area contributed by atoms with Crippen LogP contribution in [0.3, 0.4) is 0 Å². The van der Waals surface area contributed by atoms with Gasteiger partial charge >= 0.3 is 0 Å². The highest BCUT2D eigenvalue weighted by atomic mass is 16.2. The lowest BCUT2D eigenvalue weighted by molar-refractivity contribution is -0.148. The molecular weight excluding hydrogens is 258 g/mol. The maximum atomic E-state index is 12.4. The van der Waals surface area contributed by atoms with Gasteiger partial charge in [-0.1, -0.05) is 18.2 Å². The minimum atomic E-state index is -0.558. The number of carbonyl (C=O) groups excluding carboxylic acids is 3. The number of benzene rings is 1. The molecule has 2 saturated heterocycles. The Morgan fingerprint density at radius 3 is 2.65 bits per heavy atom. The number of nitrogens with one attached hydrogen (secondary N) is 1. The van der Waals surface area contributed by atoms with E-state index in [0.29, 0.717) is 18.7 Å². The normalized spacial score (nSPS) is 22.3. The van der Waals surface area contributed by atoms with Crippen LogP contribution in [-0.4, -0.2) is 59.7 Å². The Hall–Kier alpha value is -2.37. The van der Waals surface area contributed by atoms with Crippen LogP contribution in [0, 0.1) is 0 Å². The lowest BCUT2D eigenvalue weighted by Gasteiger charge is -2.42. The summed E-state index contributed by atoms with van der Waals surface area (Å²) >= 11 is 0. The minimum Gasteiger partial charge on any atom is -0.345 e. The maximum absolute atomic E-state index is 12.4. The average Bonchev–Trinajstić information content (AvgIpc) is 2.51. The van der Waals surface area contributed by atoms with Crippen LogP contribution in [0.15, 0.2) is 30.3 Å². The van der Waals surface area contributed by atoms with Gasteiger partial charge in [-0.2, -0.15) is 0 Å². The molecule has 6 heteroatoms. The van der Waals surface area contributed by atoms with Gasteiger partial charge in [-0.15, -0.1) is 0 Å². The van der Waals surface area contributed by atoms with E-state index in [-0.39, 0.29) is 30.8 Å². The molecule has 3 rings (SSSR count). The first-order chi connectivity index (χ1) is 9.66. The highest BCUT2D eigenvalue weighted by molar-refractivity contribution is 5.97. The number of hydrogen-bond donors (Lipinski definition) is 1. The van der Waals surface area contributed by atoms with Gasteiger partial charge in [0.1, 0.15) is 6.04 Å². The summed E-state index contributed by atoms with van der Waals surface area (Å²) in [5, 5.41) is 2.56. The highest BCUT2D eigenvalue weighted by Gasteiger charge is 2.39. The molecule has 2 heterocycles. The molecule has 20 heavy (non-hydrogen) atoms. The molecule has 2 aliphatic rings. The third-order valence-electron chi connectivity index (χ3n) is 3.73. The van der Waals surface area contributed by atoms with E-state index >= 15 is 0 Å². The zero-order valence-electron chi connectivity index (χ0n) is 10.9. The molecular formula is C14H15N3O3. The molecule has 0 bridgehead atoms. The Morgan fingerprint density at radius 2 is 1.90 bits per heavy atom. The Morgan fingerprint density at radius 1 is 1.15 bits per heavy atom. The fourth-order valence-electron chi connectivity index (χ4n) is 2.64. The second-order valence-electron chi connectivity index (χ2n) is 4.94. The minimum absolute atomic E-state index is 0.0575. The maximum Gasteiger partial charge on any atom is 0.253 e. The van der Waals surface area contributed by atoms with E-state index in [1.807, 2.05) is 6.07 Å². The molecule has 1 unspecified atom stereocenters. The zero-order chi connectivity index (χ0) is 14.1. The van der Waals surface area contributed by atoms with Gasteiger partial charge < -0.3 is 15.1 Å². The molecule has 1 N–H and O–H groups in total. The topological polar surface area (TPSA) is 69.7 Å². The third-order valence-corrected chi connectivity index (χ3v) is 3.73. The summed E-state index contributed by atoms with van der Waals surface area (Å²) in [6.07, 6.45) is 0. The summed E-state index contributed by atoms with van der Waals surface area (Å²) in [4.78, 5) is 39.1. The fourth-order valence-corrected chi connectivity index (χ4v) is 2.64. The first-order valence-corrected chi connectivity index (χ1v) is 6.58. The predicted molar refractivity (Wildman–Crippen MR) is 70.9 cm³/mol. The monoisotopic (exact) mass is 273 g/mol. The van der Waals surface area contributed by atoms with Crippen molar-refractivity contribution in [3.63, 3.8) is 0 Å². The van der Waals surface area contributed by atoms with Crippen LogP contribution >= 0.6 is 0 Å². The van der Waals surface area contributed by atoms with E-state index in [9.17, 15) is 14.4 Å². The van der Waals surface area contributed by atoms with E-state index < -0.39 is 6.04 Å². The first kappa shape index (κ1) is 12.7. The molecule has 3 amide bonds. The first-order valence-electron chi connectivity index (χ1n) is 6.58. The van der Waals surface area contributed by atoms with Crippen LogP contribution in [-0.2, 0) is 9.59 Å². The second-order valence-corrected chi connectivity index (χ2v) is 4.94. The van der Waals surface area contributed by atoms with Crippen LogP contribution in [0.2, 0.25) is 0 Å². The molecule has 1 atom stereocenters. The Kier molecular flexibility index (Phi) is 3.14. The van der Waals surface area contributed by atoms with Gasteiger partial charge in [0.2, 0.25) is 11.8 Å². The van der Waals surface area contributed by atoms with Gasteiger partial charge in [-0.3, -0.25) is 14.4 Å². The van der Waals surface area contributed by atoms with Crippen LogP contribution in [0.5, 0.6) is 0 Å². The lowest BCUT2D eigenvalue weighted by atomic mass is 10.1. The molecule has 1 aromatic rings. The fraction of sp³-hybridized carbons (Fsp3) is 0.357. The van der Waals surface area contributed by atoms with Crippen molar-refractivity contribution in [3.05, 3.63) is 35.9 Å². The summed E-state index contributed by atoms with van der Waals surface area (Å²) in [5.41, 5.74) is 0.600. The van der Waals surface area contributed by atoms with Crippen LogP contribution in [0.25, 0.3) is 0 Å². The molecule has 2 aliphatic heterocycles. The number of hydrogen-bond acceptors (Lipinski definition) is 3. The molecule has 0 aliphatic carbocycles. The SMILES string of the molecule is O=C1NCC(=O)N2CCN(C(=O)c3ccccc3)CC12. The lowest BCUT2D eigenvalue weighted by Crippen LogP contribution is -2.66. The van der Waals surface area contributed by atoms with Crippen molar-refractivity contribution in [1.82, 2.24) is 15.1 Å². The predicted octanol–water partition coefficient (Wildman–Crippen LogP) is -0.531. The van der Waals surface area contributed by atoms with Gasteiger partial charge in [-0.05, 0) is 12.1 Å². The zero-order valence-corrected chi connectivity index (χ0v) is 10.9. The van der Waals surface area contributed by atoms with Crippen molar-refractivity contribution < 1.29 is 14.4 Å². The summed E-state index contributed by atoms with van der Waals surface area (Å²) in [6.45, 7) is 1.19. The van der Waals surface area contributed by atoms with Crippen molar-refractivity contribution in [3.8, 4) is 0 Å². The highest BCUT2D eigenvalue weighted by Crippen LogP contribution is 2.15. The second kappa shape index (κ2) is 4.96. The molecule has 0 radical (unpaired) electrons. The number of amides is 3. The summed E-state index contributed by atoms with van der Waals surface area (Å²) in [6, 6.07) is 8.40. The average molecular weight is 273 g/mol. The van der Waals surface area contributed by atoms with Crippen molar-refractivity contribution in [2.75, 3.05) is 26.2 Å².